The van der Waals surface area contributed by atoms with E-state index in [-0.39, 0.29) is 5.69 Å². The smallest absolute Gasteiger partial charge is 0.293 e. The zero-order chi connectivity index (χ0) is 15.4. The maximum Gasteiger partial charge on any atom is 0.293 e. The van der Waals surface area contributed by atoms with E-state index in [1.54, 1.807) is 17.7 Å². The molecule has 0 aliphatic heterocycles. The van der Waals surface area contributed by atoms with Crippen LogP contribution in [0, 0.1) is 0 Å². The van der Waals surface area contributed by atoms with Crippen molar-refractivity contribution in [1.82, 2.24) is 15.0 Å². The number of amides is 1. The minimum atomic E-state index is -0.629. The standard InChI is InChI=1S/C16H15N3O3/c20-16(18-21)14-10-15-12(11-17-14)6-7-19(15)8-9-22-13-4-2-1-3-5-13/h1-7,10-11,21H,8-9H2,(H,18,20). The first-order valence-corrected chi connectivity index (χ1v) is 6.85. The van der Waals surface area contributed by atoms with Gasteiger partial charge in [0, 0.05) is 17.8 Å². The van der Waals surface area contributed by atoms with Crippen LogP contribution in [0.3, 0.4) is 0 Å². The average molecular weight is 297 g/mol. The summed E-state index contributed by atoms with van der Waals surface area (Å²) in [5.74, 6) is 0.191. The molecule has 6 nitrogen and oxygen atoms in total. The van der Waals surface area contributed by atoms with Crippen LogP contribution in [-0.2, 0) is 6.54 Å². The number of fused-ring (bicyclic) bond motifs is 1. The van der Waals surface area contributed by atoms with Gasteiger partial charge in [-0.1, -0.05) is 18.2 Å². The topological polar surface area (TPSA) is 76.4 Å². The molecule has 0 radical (unpaired) electrons. The summed E-state index contributed by atoms with van der Waals surface area (Å²) in [6.45, 7) is 1.15. The highest BCUT2D eigenvalue weighted by Gasteiger charge is 2.09. The quantitative estimate of drug-likeness (QED) is 0.559. The summed E-state index contributed by atoms with van der Waals surface area (Å²) in [5.41, 5.74) is 2.62. The maximum atomic E-state index is 11.4. The number of hydrogen-bond donors (Lipinski definition) is 2. The third kappa shape index (κ3) is 2.91. The summed E-state index contributed by atoms with van der Waals surface area (Å²) >= 11 is 0. The highest BCUT2D eigenvalue weighted by Crippen LogP contribution is 2.16. The highest BCUT2D eigenvalue weighted by atomic mass is 16.5. The normalized spacial score (nSPS) is 10.6. The number of aromatic nitrogens is 2. The molecule has 2 aromatic heterocycles. The van der Waals surface area contributed by atoms with Crippen LogP contribution in [0.2, 0.25) is 0 Å². The van der Waals surface area contributed by atoms with Crippen LogP contribution in [0.5, 0.6) is 5.75 Å². The van der Waals surface area contributed by atoms with Crippen molar-refractivity contribution in [2.75, 3.05) is 6.61 Å². The highest BCUT2D eigenvalue weighted by molar-refractivity contribution is 5.95. The molecule has 0 saturated heterocycles. The largest absolute Gasteiger partial charge is 0.492 e. The van der Waals surface area contributed by atoms with Gasteiger partial charge in [-0.3, -0.25) is 15.0 Å². The van der Waals surface area contributed by atoms with E-state index in [1.165, 1.54) is 0 Å². The monoisotopic (exact) mass is 297 g/mol. The molecule has 2 N–H and O–H groups in total. The number of rotatable bonds is 5. The zero-order valence-corrected chi connectivity index (χ0v) is 11.8. The van der Waals surface area contributed by atoms with Gasteiger partial charge in [0.1, 0.15) is 18.1 Å². The van der Waals surface area contributed by atoms with Gasteiger partial charge in [0.2, 0.25) is 0 Å². The molecular weight excluding hydrogens is 282 g/mol. The van der Waals surface area contributed by atoms with Crippen LogP contribution in [0.15, 0.2) is 54.9 Å². The van der Waals surface area contributed by atoms with Crippen molar-refractivity contribution in [3.63, 3.8) is 0 Å². The lowest BCUT2D eigenvalue weighted by Gasteiger charge is -2.08. The van der Waals surface area contributed by atoms with Crippen LogP contribution >= 0.6 is 0 Å². The number of carbonyl (C=O) groups is 1. The van der Waals surface area contributed by atoms with Gasteiger partial charge in [0.25, 0.3) is 5.91 Å². The lowest BCUT2D eigenvalue weighted by molar-refractivity contribution is 0.0701. The van der Waals surface area contributed by atoms with Gasteiger partial charge in [-0.05, 0) is 24.3 Å². The van der Waals surface area contributed by atoms with Gasteiger partial charge in [-0.25, -0.2) is 5.48 Å². The number of pyridine rings is 1. The Kier molecular flexibility index (Phi) is 4.02. The molecule has 1 aromatic carbocycles. The third-order valence-electron chi connectivity index (χ3n) is 3.33. The van der Waals surface area contributed by atoms with Crippen molar-refractivity contribution in [3.8, 4) is 5.75 Å². The molecule has 0 atom stereocenters. The molecule has 0 saturated carbocycles. The Hall–Kier alpha value is -2.86. The molecule has 0 aliphatic carbocycles. The summed E-state index contributed by atoms with van der Waals surface area (Å²) in [4.78, 5) is 15.4. The van der Waals surface area contributed by atoms with E-state index in [4.69, 9.17) is 9.94 Å². The Bertz CT molecular complexity index is 784. The van der Waals surface area contributed by atoms with Crippen molar-refractivity contribution >= 4 is 16.8 Å². The fourth-order valence-corrected chi connectivity index (χ4v) is 2.24. The lowest BCUT2D eigenvalue weighted by atomic mass is 10.2. The van der Waals surface area contributed by atoms with E-state index < -0.39 is 5.91 Å². The first kappa shape index (κ1) is 14.1. The van der Waals surface area contributed by atoms with E-state index in [0.29, 0.717) is 13.2 Å². The molecular formula is C16H15N3O3. The van der Waals surface area contributed by atoms with Crippen LogP contribution in [0.25, 0.3) is 10.9 Å². The number of hydroxylamine groups is 1. The molecule has 22 heavy (non-hydrogen) atoms. The van der Waals surface area contributed by atoms with Crippen molar-refractivity contribution in [2.45, 2.75) is 6.54 Å². The second-order valence-electron chi connectivity index (χ2n) is 4.74. The summed E-state index contributed by atoms with van der Waals surface area (Å²) in [6.07, 6.45) is 3.52. The zero-order valence-electron chi connectivity index (χ0n) is 11.8. The molecule has 3 aromatic rings. The second kappa shape index (κ2) is 6.28. The molecule has 3 rings (SSSR count). The van der Waals surface area contributed by atoms with Gasteiger partial charge in [-0.2, -0.15) is 0 Å². The predicted octanol–water partition coefficient (Wildman–Crippen LogP) is 2.23. The van der Waals surface area contributed by atoms with Crippen LogP contribution in [0.1, 0.15) is 10.5 Å². The first-order chi connectivity index (χ1) is 10.8. The number of carbonyl (C=O) groups excluding carboxylic acids is 1. The summed E-state index contributed by atoms with van der Waals surface area (Å²) in [6, 6.07) is 13.2. The Morgan fingerprint density at radius 1 is 1.27 bits per heavy atom. The summed E-state index contributed by atoms with van der Waals surface area (Å²) in [7, 11) is 0. The van der Waals surface area contributed by atoms with E-state index in [9.17, 15) is 4.79 Å². The van der Waals surface area contributed by atoms with E-state index in [2.05, 4.69) is 4.98 Å². The molecule has 0 spiro atoms. The Morgan fingerprint density at radius 2 is 2.09 bits per heavy atom. The van der Waals surface area contributed by atoms with Crippen LogP contribution < -0.4 is 10.2 Å². The van der Waals surface area contributed by atoms with E-state index in [0.717, 1.165) is 16.7 Å². The van der Waals surface area contributed by atoms with Gasteiger partial charge >= 0.3 is 0 Å². The second-order valence-corrected chi connectivity index (χ2v) is 4.74. The number of nitrogens with one attached hydrogen (secondary N) is 1. The number of ether oxygens (including phenoxy) is 1. The van der Waals surface area contributed by atoms with E-state index in [1.807, 2.05) is 47.2 Å². The van der Waals surface area contributed by atoms with Gasteiger partial charge in [-0.15, -0.1) is 0 Å². The summed E-state index contributed by atoms with van der Waals surface area (Å²) in [5, 5.41) is 9.61. The minimum absolute atomic E-state index is 0.166. The first-order valence-electron chi connectivity index (χ1n) is 6.85. The van der Waals surface area contributed by atoms with Crippen molar-refractivity contribution in [2.24, 2.45) is 0 Å². The number of nitrogens with zero attached hydrogens (tertiary/aromatic N) is 2. The maximum absolute atomic E-state index is 11.4. The van der Waals surface area contributed by atoms with E-state index >= 15 is 0 Å². The van der Waals surface area contributed by atoms with Crippen molar-refractivity contribution < 1.29 is 14.7 Å². The Labute approximate surface area is 126 Å². The molecule has 0 bridgehead atoms. The van der Waals surface area contributed by atoms with Crippen LogP contribution in [-0.4, -0.2) is 27.3 Å². The van der Waals surface area contributed by atoms with Crippen LogP contribution in [0.4, 0.5) is 0 Å². The minimum Gasteiger partial charge on any atom is -0.492 e. The van der Waals surface area contributed by atoms with Gasteiger partial charge in [0.15, 0.2) is 0 Å². The molecule has 1 amide bonds. The Morgan fingerprint density at radius 3 is 2.86 bits per heavy atom. The number of hydrogen-bond acceptors (Lipinski definition) is 4. The molecule has 112 valence electrons. The third-order valence-corrected chi connectivity index (χ3v) is 3.33. The fraction of sp³-hybridized carbons (Fsp3) is 0.125. The molecule has 0 fully saturated rings. The van der Waals surface area contributed by atoms with Crippen molar-refractivity contribution in [3.05, 3.63) is 60.6 Å². The van der Waals surface area contributed by atoms with Gasteiger partial charge < -0.3 is 9.30 Å². The van der Waals surface area contributed by atoms with Crippen molar-refractivity contribution in [1.29, 1.82) is 0 Å². The average Bonchev–Trinajstić information content (AvgIpc) is 2.97. The molecule has 0 aliphatic rings. The lowest BCUT2D eigenvalue weighted by Crippen LogP contribution is -2.19. The van der Waals surface area contributed by atoms with Gasteiger partial charge in [0.05, 0.1) is 12.1 Å². The fourth-order valence-electron chi connectivity index (χ4n) is 2.24. The molecule has 0 unspecified atom stereocenters. The molecule has 6 heteroatoms. The summed E-state index contributed by atoms with van der Waals surface area (Å²) < 4.78 is 7.65. The molecule has 2 heterocycles. The number of benzene rings is 1. The number of para-hydroxylation sites is 1. The SMILES string of the molecule is O=C(NO)c1cc2c(ccn2CCOc2ccccc2)cn1. The Balaban J connectivity index is 1.74. The predicted molar refractivity (Wildman–Crippen MR) is 80.9 cm³/mol.